The van der Waals surface area contributed by atoms with Gasteiger partial charge in [-0.1, -0.05) is 0 Å². The first-order chi connectivity index (χ1) is 7.12. The average Bonchev–Trinajstić information content (AvgIpc) is 2.17. The fourth-order valence-corrected chi connectivity index (χ4v) is 4.02. The molecule has 0 saturated carbocycles. The van der Waals surface area contributed by atoms with E-state index in [1.54, 1.807) is 4.67 Å². The summed E-state index contributed by atoms with van der Waals surface area (Å²) < 4.78 is 6.91. The maximum absolute atomic E-state index is 12.3. The first kappa shape index (κ1) is 13.9. The molecule has 15 heavy (non-hydrogen) atoms. The van der Waals surface area contributed by atoms with Gasteiger partial charge < -0.3 is 10.6 Å². The summed E-state index contributed by atoms with van der Waals surface area (Å²) in [5.74, 6) is 0.752. The Labute approximate surface area is 100 Å². The predicted octanol–water partition coefficient (Wildman–Crippen LogP) is 0.0986. The van der Waals surface area contributed by atoms with Crippen molar-refractivity contribution >= 4 is 31.2 Å². The van der Waals surface area contributed by atoms with Crippen LogP contribution in [0.2, 0.25) is 0 Å². The molecule has 0 radical (unpaired) electrons. The van der Waals surface area contributed by atoms with Crippen LogP contribution in [0.1, 0.15) is 6.42 Å². The molecule has 0 spiro atoms. The van der Waals surface area contributed by atoms with E-state index < -0.39 is 8.02 Å². The molecular formula is C7H16Cl2N3O2P. The minimum absolute atomic E-state index is 0.294. The van der Waals surface area contributed by atoms with Gasteiger partial charge in [-0.2, -0.15) is 0 Å². The highest BCUT2D eigenvalue weighted by molar-refractivity contribution is 7.59. The summed E-state index contributed by atoms with van der Waals surface area (Å²) in [6.45, 7) is 1.32. The SMILES string of the molecule is N[C@@H]1CCO[P+]([O-])(N(CCCl)CCCl)N1. The lowest BCUT2D eigenvalue weighted by Gasteiger charge is -2.41. The third kappa shape index (κ3) is 3.95. The molecule has 1 saturated heterocycles. The highest BCUT2D eigenvalue weighted by Crippen LogP contribution is 2.52. The molecular weight excluding hydrogens is 260 g/mol. The lowest BCUT2D eigenvalue weighted by atomic mass is 10.4. The van der Waals surface area contributed by atoms with Gasteiger partial charge in [0.05, 0.1) is 25.9 Å². The van der Waals surface area contributed by atoms with Crippen LogP contribution in [-0.4, -0.2) is 42.3 Å². The van der Waals surface area contributed by atoms with E-state index in [1.165, 1.54) is 0 Å². The molecule has 0 aromatic heterocycles. The van der Waals surface area contributed by atoms with Gasteiger partial charge in [-0.3, -0.25) is 0 Å². The minimum Gasteiger partial charge on any atom is -0.626 e. The zero-order chi connectivity index (χ0) is 11.3. The van der Waals surface area contributed by atoms with Gasteiger partial charge in [-0.05, 0) is 0 Å². The second kappa shape index (κ2) is 6.52. The van der Waals surface area contributed by atoms with E-state index >= 15 is 0 Å². The van der Waals surface area contributed by atoms with E-state index in [4.69, 9.17) is 33.5 Å². The second-order valence-electron chi connectivity index (χ2n) is 3.21. The molecule has 0 bridgehead atoms. The molecule has 0 amide bonds. The van der Waals surface area contributed by atoms with E-state index in [2.05, 4.69) is 5.09 Å². The van der Waals surface area contributed by atoms with Crippen molar-refractivity contribution in [2.75, 3.05) is 31.5 Å². The molecule has 1 rings (SSSR count). The number of alkyl halides is 2. The third-order valence-corrected chi connectivity index (χ3v) is 4.75. The second-order valence-corrected chi connectivity index (χ2v) is 6.09. The molecule has 1 fully saturated rings. The molecule has 8 heteroatoms. The van der Waals surface area contributed by atoms with Crippen LogP contribution in [-0.2, 0) is 4.52 Å². The van der Waals surface area contributed by atoms with Gasteiger partial charge >= 0.3 is 0 Å². The van der Waals surface area contributed by atoms with Gasteiger partial charge in [0.2, 0.25) is 0 Å². The summed E-state index contributed by atoms with van der Waals surface area (Å²) in [5.41, 5.74) is 5.68. The van der Waals surface area contributed by atoms with Crippen LogP contribution in [0.5, 0.6) is 0 Å². The van der Waals surface area contributed by atoms with Crippen molar-refractivity contribution in [1.29, 1.82) is 0 Å². The number of nitrogens with one attached hydrogen (secondary N) is 1. The Kier molecular flexibility index (Phi) is 6.03. The molecule has 5 nitrogen and oxygen atoms in total. The van der Waals surface area contributed by atoms with Gasteiger partial charge in [0.15, 0.2) is 0 Å². The van der Waals surface area contributed by atoms with E-state index in [0.29, 0.717) is 37.9 Å². The van der Waals surface area contributed by atoms with Crippen molar-refractivity contribution in [3.05, 3.63) is 0 Å². The molecule has 1 unspecified atom stereocenters. The van der Waals surface area contributed by atoms with E-state index in [9.17, 15) is 4.89 Å². The largest absolute Gasteiger partial charge is 0.626 e. The number of halogens is 2. The Morgan fingerprint density at radius 1 is 1.47 bits per heavy atom. The molecule has 1 aliphatic heterocycles. The fourth-order valence-electron chi connectivity index (χ4n) is 1.35. The Morgan fingerprint density at radius 3 is 2.53 bits per heavy atom. The van der Waals surface area contributed by atoms with Crippen molar-refractivity contribution in [3.8, 4) is 0 Å². The van der Waals surface area contributed by atoms with E-state index in [1.807, 2.05) is 0 Å². The number of hydrogen-bond acceptors (Lipinski definition) is 5. The highest BCUT2D eigenvalue weighted by atomic mass is 35.5. The molecule has 90 valence electrons. The smallest absolute Gasteiger partial charge is 0.251 e. The quantitative estimate of drug-likeness (QED) is 0.550. The van der Waals surface area contributed by atoms with Crippen LogP contribution in [0.3, 0.4) is 0 Å². The van der Waals surface area contributed by atoms with Gasteiger partial charge in [0, 0.05) is 18.2 Å². The lowest BCUT2D eigenvalue weighted by molar-refractivity contribution is -0.214. The van der Waals surface area contributed by atoms with Crippen molar-refractivity contribution in [2.24, 2.45) is 5.73 Å². The summed E-state index contributed by atoms with van der Waals surface area (Å²) in [4.78, 5) is 12.3. The minimum atomic E-state index is -3.02. The molecule has 3 N–H and O–H groups in total. The molecule has 2 atom stereocenters. The molecule has 0 aromatic carbocycles. The molecule has 0 aromatic rings. The standard InChI is InChI=1S/C7H16Cl2N3O2P/c8-2-4-12(5-3-9)15(13)11-7(10)1-6-14-15/h7H,1-6,10H2,(H,11,13)/t7-,15?/m0/s1. The first-order valence-electron chi connectivity index (χ1n) is 4.77. The highest BCUT2D eigenvalue weighted by Gasteiger charge is 2.41. The normalized spacial score (nSPS) is 32.2. The van der Waals surface area contributed by atoms with Crippen LogP contribution in [0.25, 0.3) is 0 Å². The van der Waals surface area contributed by atoms with Gasteiger partial charge in [0.1, 0.15) is 0 Å². The summed E-state index contributed by atoms with van der Waals surface area (Å²) in [5, 5.41) is 2.78. The van der Waals surface area contributed by atoms with Crippen molar-refractivity contribution in [3.63, 3.8) is 0 Å². The Morgan fingerprint density at radius 2 is 2.07 bits per heavy atom. The number of hydrogen-bond donors (Lipinski definition) is 2. The summed E-state index contributed by atoms with van der Waals surface area (Å²) in [7, 11) is -3.02. The van der Waals surface area contributed by atoms with Gasteiger partial charge in [-0.25, -0.2) is 4.52 Å². The first-order valence-corrected chi connectivity index (χ1v) is 7.42. The van der Waals surface area contributed by atoms with Crippen LogP contribution < -0.4 is 15.7 Å². The maximum atomic E-state index is 12.3. The summed E-state index contributed by atoms with van der Waals surface area (Å²) in [6.07, 6.45) is 0.359. The summed E-state index contributed by atoms with van der Waals surface area (Å²) >= 11 is 11.3. The monoisotopic (exact) mass is 275 g/mol. The Hall–Kier alpha value is 0.810. The molecule has 1 aliphatic rings. The number of nitrogens with two attached hydrogens (primary N) is 1. The van der Waals surface area contributed by atoms with Crippen LogP contribution in [0.15, 0.2) is 0 Å². The maximum Gasteiger partial charge on any atom is 0.251 e. The zero-order valence-corrected chi connectivity index (χ0v) is 10.8. The Balaban J connectivity index is 2.61. The van der Waals surface area contributed by atoms with Crippen LogP contribution >= 0.6 is 31.2 Å². The fraction of sp³-hybridized carbons (Fsp3) is 1.00. The lowest BCUT2D eigenvalue weighted by Crippen LogP contribution is -2.52. The topological polar surface area (TPSA) is 73.6 Å². The summed E-state index contributed by atoms with van der Waals surface area (Å²) in [6, 6.07) is 0. The van der Waals surface area contributed by atoms with Gasteiger partial charge in [-0.15, -0.1) is 33.0 Å². The predicted molar refractivity (Wildman–Crippen MR) is 61.6 cm³/mol. The van der Waals surface area contributed by atoms with Crippen LogP contribution in [0.4, 0.5) is 0 Å². The van der Waals surface area contributed by atoms with Crippen molar-refractivity contribution in [2.45, 2.75) is 12.6 Å². The molecule has 1 heterocycles. The van der Waals surface area contributed by atoms with Crippen molar-refractivity contribution in [1.82, 2.24) is 9.76 Å². The van der Waals surface area contributed by atoms with Gasteiger partial charge in [0.25, 0.3) is 8.02 Å². The van der Waals surface area contributed by atoms with Crippen LogP contribution in [0, 0.1) is 0 Å². The third-order valence-electron chi connectivity index (χ3n) is 2.08. The van der Waals surface area contributed by atoms with Crippen molar-refractivity contribution < 1.29 is 9.42 Å². The number of rotatable bonds is 5. The average molecular weight is 276 g/mol. The van der Waals surface area contributed by atoms with E-state index in [-0.39, 0.29) is 6.17 Å². The Bertz CT molecular complexity index is 197. The molecule has 0 aliphatic carbocycles. The number of nitrogens with zero attached hydrogens (tertiary/aromatic N) is 1. The zero-order valence-electron chi connectivity index (χ0n) is 8.36. The van der Waals surface area contributed by atoms with E-state index in [0.717, 1.165) is 0 Å².